The van der Waals surface area contributed by atoms with Crippen LogP contribution in [0.15, 0.2) is 49.1 Å². The van der Waals surface area contributed by atoms with Gasteiger partial charge >= 0.3 is 0 Å². The fraction of sp³-hybridized carbons (Fsp3) is 0.176. The van der Waals surface area contributed by atoms with Gasteiger partial charge in [0.1, 0.15) is 0 Å². The summed E-state index contributed by atoms with van der Waals surface area (Å²) in [5, 5.41) is 0. The van der Waals surface area contributed by atoms with Crippen LogP contribution in [0.3, 0.4) is 0 Å². The molecule has 0 radical (unpaired) electrons. The van der Waals surface area contributed by atoms with E-state index in [1.165, 1.54) is 33.6 Å². The van der Waals surface area contributed by atoms with Crippen LogP contribution in [0.1, 0.15) is 11.1 Å². The highest BCUT2D eigenvalue weighted by Crippen LogP contribution is 2.35. The second-order valence-corrected chi connectivity index (χ2v) is 4.98. The van der Waals surface area contributed by atoms with Gasteiger partial charge in [0.15, 0.2) is 0 Å². The maximum atomic E-state index is 4.10. The van der Waals surface area contributed by atoms with E-state index < -0.39 is 0 Å². The van der Waals surface area contributed by atoms with E-state index in [1.54, 1.807) is 0 Å². The Labute approximate surface area is 118 Å². The van der Waals surface area contributed by atoms with Gasteiger partial charge < -0.3 is 4.57 Å². The summed E-state index contributed by atoms with van der Waals surface area (Å²) in [6.07, 6.45) is 7.35. The van der Waals surface area contributed by atoms with Gasteiger partial charge in [-0.2, -0.15) is 0 Å². The molecule has 0 N–H and O–H groups in total. The molecule has 0 aromatic carbocycles. The minimum atomic E-state index is 1.20. The zero-order chi connectivity index (χ0) is 14.1. The highest BCUT2D eigenvalue weighted by molar-refractivity contribution is 5.76. The first kappa shape index (κ1) is 12.6. The van der Waals surface area contributed by atoms with Crippen molar-refractivity contribution in [2.75, 3.05) is 0 Å². The maximum Gasteiger partial charge on any atom is 0.0516 e. The van der Waals surface area contributed by atoms with Crippen LogP contribution in [0.5, 0.6) is 0 Å². The molecule has 3 nitrogen and oxygen atoms in total. The van der Waals surface area contributed by atoms with Crippen molar-refractivity contribution >= 4 is 0 Å². The summed E-state index contributed by atoms with van der Waals surface area (Å²) >= 11 is 0. The first-order valence-electron chi connectivity index (χ1n) is 6.67. The van der Waals surface area contributed by atoms with Crippen molar-refractivity contribution in [2.24, 2.45) is 7.05 Å². The van der Waals surface area contributed by atoms with Gasteiger partial charge in [-0.15, -0.1) is 0 Å². The van der Waals surface area contributed by atoms with Crippen LogP contribution in [-0.2, 0) is 7.05 Å². The summed E-state index contributed by atoms with van der Waals surface area (Å²) in [7, 11) is 2.12. The third-order valence-electron chi connectivity index (χ3n) is 3.85. The largest absolute Gasteiger partial charge is 0.343 e. The lowest BCUT2D eigenvalue weighted by Crippen LogP contribution is -1.95. The maximum absolute atomic E-state index is 4.10. The van der Waals surface area contributed by atoms with E-state index >= 15 is 0 Å². The van der Waals surface area contributed by atoms with Gasteiger partial charge in [-0.1, -0.05) is 0 Å². The Morgan fingerprint density at radius 2 is 1.05 bits per heavy atom. The number of rotatable bonds is 2. The number of hydrogen-bond donors (Lipinski definition) is 0. The molecule has 0 bridgehead atoms. The Kier molecular flexibility index (Phi) is 3.11. The van der Waals surface area contributed by atoms with Gasteiger partial charge in [0.2, 0.25) is 0 Å². The van der Waals surface area contributed by atoms with Gasteiger partial charge in [0.05, 0.1) is 11.4 Å². The van der Waals surface area contributed by atoms with E-state index in [-0.39, 0.29) is 0 Å². The SMILES string of the molecule is Cc1c(C)c(-c2ccncc2)n(C)c1-c1ccncc1. The predicted octanol–water partition coefficient (Wildman–Crippen LogP) is 3.77. The van der Waals surface area contributed by atoms with Crippen molar-refractivity contribution in [1.82, 2.24) is 14.5 Å². The molecule has 0 amide bonds. The van der Waals surface area contributed by atoms with Crippen molar-refractivity contribution < 1.29 is 0 Å². The first-order valence-corrected chi connectivity index (χ1v) is 6.67. The Morgan fingerprint density at radius 1 is 0.700 bits per heavy atom. The monoisotopic (exact) mass is 263 g/mol. The molecule has 0 fully saturated rings. The van der Waals surface area contributed by atoms with Gasteiger partial charge in [-0.25, -0.2) is 0 Å². The molecule has 3 heteroatoms. The van der Waals surface area contributed by atoms with Crippen molar-refractivity contribution in [2.45, 2.75) is 13.8 Å². The van der Waals surface area contributed by atoms with Crippen LogP contribution in [0.25, 0.3) is 22.5 Å². The van der Waals surface area contributed by atoms with E-state index in [4.69, 9.17) is 0 Å². The summed E-state index contributed by atoms with van der Waals surface area (Å²) in [6, 6.07) is 8.21. The summed E-state index contributed by atoms with van der Waals surface area (Å²) in [6.45, 7) is 4.35. The molecule has 3 aromatic heterocycles. The molecular weight excluding hydrogens is 246 g/mol. The highest BCUT2D eigenvalue weighted by Gasteiger charge is 2.17. The van der Waals surface area contributed by atoms with Gasteiger partial charge in [-0.05, 0) is 49.2 Å². The fourth-order valence-electron chi connectivity index (χ4n) is 2.81. The van der Waals surface area contributed by atoms with Crippen molar-refractivity contribution in [3.63, 3.8) is 0 Å². The van der Waals surface area contributed by atoms with Crippen LogP contribution in [-0.4, -0.2) is 14.5 Å². The minimum absolute atomic E-state index is 1.20. The molecule has 3 aromatic rings. The second kappa shape index (κ2) is 4.93. The Morgan fingerprint density at radius 3 is 1.40 bits per heavy atom. The lowest BCUT2D eigenvalue weighted by molar-refractivity contribution is 0.940. The third kappa shape index (κ3) is 1.92. The Hall–Kier alpha value is -2.42. The summed E-state index contributed by atoms with van der Waals surface area (Å²) in [4.78, 5) is 8.20. The highest BCUT2D eigenvalue weighted by atomic mass is 15.0. The van der Waals surface area contributed by atoms with E-state index in [2.05, 4.69) is 59.7 Å². The summed E-state index contributed by atoms with van der Waals surface area (Å²) in [5.74, 6) is 0. The van der Waals surface area contributed by atoms with E-state index in [1.807, 2.05) is 24.8 Å². The third-order valence-corrected chi connectivity index (χ3v) is 3.85. The van der Waals surface area contributed by atoms with Crippen LogP contribution < -0.4 is 0 Å². The average molecular weight is 263 g/mol. The molecular formula is C17H17N3. The summed E-state index contributed by atoms with van der Waals surface area (Å²) in [5.41, 5.74) is 7.51. The van der Waals surface area contributed by atoms with E-state index in [0.717, 1.165) is 0 Å². The first-order chi connectivity index (χ1) is 9.70. The van der Waals surface area contributed by atoms with Crippen molar-refractivity contribution in [3.05, 3.63) is 60.2 Å². The number of aromatic nitrogens is 3. The topological polar surface area (TPSA) is 30.7 Å². The average Bonchev–Trinajstić information content (AvgIpc) is 2.71. The molecule has 20 heavy (non-hydrogen) atoms. The molecule has 0 unspecified atom stereocenters. The lowest BCUT2D eigenvalue weighted by Gasteiger charge is -2.09. The lowest BCUT2D eigenvalue weighted by atomic mass is 10.1. The van der Waals surface area contributed by atoms with Crippen LogP contribution >= 0.6 is 0 Å². The molecule has 0 aliphatic carbocycles. The van der Waals surface area contributed by atoms with Crippen molar-refractivity contribution in [1.29, 1.82) is 0 Å². The molecule has 3 heterocycles. The van der Waals surface area contributed by atoms with Crippen LogP contribution in [0, 0.1) is 13.8 Å². The Bertz CT molecular complexity index is 665. The zero-order valence-electron chi connectivity index (χ0n) is 12.0. The van der Waals surface area contributed by atoms with Crippen LogP contribution in [0.2, 0.25) is 0 Å². The predicted molar refractivity (Wildman–Crippen MR) is 81.3 cm³/mol. The minimum Gasteiger partial charge on any atom is -0.343 e. The number of hydrogen-bond acceptors (Lipinski definition) is 2. The molecule has 0 atom stereocenters. The molecule has 0 aliphatic heterocycles. The standard InChI is InChI=1S/C17H17N3/c1-12-13(2)17(15-6-10-19-11-7-15)20(3)16(12)14-4-8-18-9-5-14/h4-11H,1-3H3. The number of nitrogens with zero attached hydrogens (tertiary/aromatic N) is 3. The summed E-state index contributed by atoms with van der Waals surface area (Å²) < 4.78 is 2.26. The van der Waals surface area contributed by atoms with Gasteiger partial charge in [-0.3, -0.25) is 9.97 Å². The second-order valence-electron chi connectivity index (χ2n) is 4.98. The molecule has 3 rings (SSSR count). The van der Waals surface area contributed by atoms with Crippen molar-refractivity contribution in [3.8, 4) is 22.5 Å². The fourth-order valence-corrected chi connectivity index (χ4v) is 2.81. The smallest absolute Gasteiger partial charge is 0.0516 e. The zero-order valence-corrected chi connectivity index (χ0v) is 12.0. The molecule has 0 saturated heterocycles. The van der Waals surface area contributed by atoms with E-state index in [0.29, 0.717) is 0 Å². The Balaban J connectivity index is 2.25. The number of pyridine rings is 2. The van der Waals surface area contributed by atoms with Gasteiger partial charge in [0, 0.05) is 43.0 Å². The van der Waals surface area contributed by atoms with Crippen LogP contribution in [0.4, 0.5) is 0 Å². The normalized spacial score (nSPS) is 10.8. The molecule has 0 saturated carbocycles. The quantitative estimate of drug-likeness (QED) is 0.704. The molecule has 0 aliphatic rings. The molecule has 0 spiro atoms. The van der Waals surface area contributed by atoms with Gasteiger partial charge in [0.25, 0.3) is 0 Å². The molecule has 100 valence electrons. The van der Waals surface area contributed by atoms with E-state index in [9.17, 15) is 0 Å².